The van der Waals surface area contributed by atoms with Gasteiger partial charge in [-0.3, -0.25) is 4.99 Å². The van der Waals surface area contributed by atoms with Crippen LogP contribution in [0.15, 0.2) is 4.99 Å². The van der Waals surface area contributed by atoms with E-state index in [0.29, 0.717) is 0 Å². The first kappa shape index (κ1) is 9.02. The minimum absolute atomic E-state index is 0.185. The Morgan fingerprint density at radius 3 is 2.44 bits per heavy atom. The Bertz CT molecular complexity index is 91.6. The number of hydrogen-bond donors (Lipinski definition) is 1. The highest BCUT2D eigenvalue weighted by Gasteiger charge is 2.04. The molecule has 0 N–H and O–H groups in total. The van der Waals surface area contributed by atoms with Gasteiger partial charge in [0.15, 0.2) is 0 Å². The number of aliphatic imine (C=N–C) groups is 1. The summed E-state index contributed by atoms with van der Waals surface area (Å²) in [6.45, 7) is 6.09. The van der Waals surface area contributed by atoms with E-state index in [1.807, 2.05) is 20.1 Å². The minimum atomic E-state index is -0.185. The second-order valence-corrected chi connectivity index (χ2v) is 3.69. The van der Waals surface area contributed by atoms with Crippen LogP contribution in [0.25, 0.3) is 0 Å². The molecule has 9 heavy (non-hydrogen) atoms. The van der Waals surface area contributed by atoms with Gasteiger partial charge in [-0.15, -0.1) is 12.6 Å². The Balaban J connectivity index is 3.45. The van der Waals surface area contributed by atoms with Crippen molar-refractivity contribution >= 4 is 18.8 Å². The average Bonchev–Trinajstić information content (AvgIpc) is 1.63. The van der Waals surface area contributed by atoms with E-state index in [4.69, 9.17) is 0 Å². The largest absolute Gasteiger partial charge is 0.281 e. The van der Waals surface area contributed by atoms with E-state index in [1.165, 1.54) is 0 Å². The molecule has 0 fully saturated rings. The summed E-state index contributed by atoms with van der Waals surface area (Å²) in [5, 5.41) is 0. The van der Waals surface area contributed by atoms with Gasteiger partial charge in [-0.05, 0) is 20.3 Å². The highest BCUT2D eigenvalue weighted by atomic mass is 32.1. The van der Waals surface area contributed by atoms with Crippen LogP contribution in [0.4, 0.5) is 0 Å². The van der Waals surface area contributed by atoms with Crippen LogP contribution in [0.3, 0.4) is 0 Å². The predicted molar refractivity (Wildman–Crippen MR) is 46.5 cm³/mol. The zero-order valence-corrected chi connectivity index (χ0v) is 7.28. The van der Waals surface area contributed by atoms with Gasteiger partial charge < -0.3 is 0 Å². The van der Waals surface area contributed by atoms with Gasteiger partial charge in [-0.2, -0.15) is 0 Å². The Morgan fingerprint density at radius 1 is 1.56 bits per heavy atom. The third-order valence-electron chi connectivity index (χ3n) is 0.825. The summed E-state index contributed by atoms with van der Waals surface area (Å²) in [4.78, 5) is 4.00. The normalized spacial score (nSPS) is 12.9. The SMILES string of the molecule is CCCC=NC(C)(C)S. The van der Waals surface area contributed by atoms with E-state index in [-0.39, 0.29) is 4.87 Å². The molecule has 0 radical (unpaired) electrons. The summed E-state index contributed by atoms with van der Waals surface area (Å²) in [6, 6.07) is 0. The molecule has 0 aliphatic carbocycles. The lowest BCUT2D eigenvalue weighted by Crippen LogP contribution is -2.05. The summed E-state index contributed by atoms with van der Waals surface area (Å²) in [7, 11) is 0. The quantitative estimate of drug-likeness (QED) is 0.463. The third kappa shape index (κ3) is 8.02. The molecule has 0 saturated carbocycles. The van der Waals surface area contributed by atoms with Gasteiger partial charge in [0.1, 0.15) is 0 Å². The van der Waals surface area contributed by atoms with Gasteiger partial charge in [0.2, 0.25) is 0 Å². The van der Waals surface area contributed by atoms with Crippen molar-refractivity contribution in [1.29, 1.82) is 0 Å². The second kappa shape index (κ2) is 3.94. The molecule has 0 aromatic rings. The zero-order chi connectivity index (χ0) is 7.33. The van der Waals surface area contributed by atoms with Crippen LogP contribution in [0.5, 0.6) is 0 Å². The fourth-order valence-corrected chi connectivity index (χ4v) is 0.499. The number of hydrogen-bond acceptors (Lipinski definition) is 2. The molecule has 0 aliphatic heterocycles. The maximum absolute atomic E-state index is 4.23. The molecule has 0 aliphatic rings. The Hall–Kier alpha value is 0.0200. The maximum Gasteiger partial charge on any atom is 0.0969 e. The minimum Gasteiger partial charge on any atom is -0.281 e. The van der Waals surface area contributed by atoms with Crippen LogP contribution in [-0.4, -0.2) is 11.1 Å². The second-order valence-electron chi connectivity index (χ2n) is 2.59. The molecule has 54 valence electrons. The van der Waals surface area contributed by atoms with Crippen LogP contribution in [0.2, 0.25) is 0 Å². The van der Waals surface area contributed by atoms with Gasteiger partial charge >= 0.3 is 0 Å². The summed E-state index contributed by atoms with van der Waals surface area (Å²) in [5.74, 6) is 0. The molecular weight excluding hydrogens is 130 g/mol. The molecule has 0 bridgehead atoms. The van der Waals surface area contributed by atoms with Crippen molar-refractivity contribution in [3.05, 3.63) is 0 Å². The van der Waals surface area contributed by atoms with E-state index in [2.05, 4.69) is 24.5 Å². The Labute approximate surface area is 63.0 Å². The summed E-state index contributed by atoms with van der Waals surface area (Å²) < 4.78 is 0. The van der Waals surface area contributed by atoms with Crippen molar-refractivity contribution in [3.8, 4) is 0 Å². The van der Waals surface area contributed by atoms with Crippen molar-refractivity contribution in [1.82, 2.24) is 0 Å². The van der Waals surface area contributed by atoms with E-state index in [9.17, 15) is 0 Å². The molecule has 0 heterocycles. The molecule has 0 aromatic carbocycles. The monoisotopic (exact) mass is 145 g/mol. The lowest BCUT2D eigenvalue weighted by Gasteiger charge is -2.08. The standard InChI is InChI=1S/C7H15NS/c1-4-5-6-8-7(2,3)9/h6,9H,4-5H2,1-3H3. The molecule has 0 spiro atoms. The first-order valence-electron chi connectivity index (χ1n) is 3.32. The van der Waals surface area contributed by atoms with E-state index < -0.39 is 0 Å². The molecule has 0 amide bonds. The van der Waals surface area contributed by atoms with E-state index in [0.717, 1.165) is 12.8 Å². The van der Waals surface area contributed by atoms with Crippen molar-refractivity contribution < 1.29 is 0 Å². The molecule has 0 atom stereocenters. The summed E-state index contributed by atoms with van der Waals surface area (Å²) in [6.07, 6.45) is 4.16. The van der Waals surface area contributed by atoms with Gasteiger partial charge in [0, 0.05) is 6.21 Å². The lowest BCUT2D eigenvalue weighted by molar-refractivity contribution is 0.768. The van der Waals surface area contributed by atoms with Gasteiger partial charge in [0.05, 0.1) is 4.87 Å². The Kier molecular flexibility index (Phi) is 3.95. The molecule has 0 unspecified atom stereocenters. The molecule has 2 heteroatoms. The average molecular weight is 145 g/mol. The fourth-order valence-electron chi connectivity index (χ4n) is 0.417. The highest BCUT2D eigenvalue weighted by molar-refractivity contribution is 7.81. The van der Waals surface area contributed by atoms with Crippen LogP contribution in [0.1, 0.15) is 33.6 Å². The molecule has 0 rings (SSSR count). The zero-order valence-electron chi connectivity index (χ0n) is 6.39. The van der Waals surface area contributed by atoms with Crippen molar-refractivity contribution in [2.45, 2.75) is 38.5 Å². The first-order chi connectivity index (χ1) is 4.06. The third-order valence-corrected chi connectivity index (χ3v) is 0.940. The van der Waals surface area contributed by atoms with Crippen LogP contribution in [-0.2, 0) is 0 Å². The highest BCUT2D eigenvalue weighted by Crippen LogP contribution is 2.12. The van der Waals surface area contributed by atoms with Gasteiger partial charge in [0.25, 0.3) is 0 Å². The van der Waals surface area contributed by atoms with Crippen molar-refractivity contribution in [2.24, 2.45) is 4.99 Å². The maximum atomic E-state index is 4.23. The topological polar surface area (TPSA) is 12.4 Å². The summed E-state index contributed by atoms with van der Waals surface area (Å²) in [5.41, 5.74) is 0. The van der Waals surface area contributed by atoms with Gasteiger partial charge in [-0.1, -0.05) is 13.3 Å². The van der Waals surface area contributed by atoms with E-state index in [1.54, 1.807) is 0 Å². The number of unbranched alkanes of at least 4 members (excludes halogenated alkanes) is 1. The smallest absolute Gasteiger partial charge is 0.0969 e. The summed E-state index contributed by atoms with van der Waals surface area (Å²) >= 11 is 4.23. The first-order valence-corrected chi connectivity index (χ1v) is 3.77. The molecule has 1 nitrogen and oxygen atoms in total. The Morgan fingerprint density at radius 2 is 2.11 bits per heavy atom. The van der Waals surface area contributed by atoms with E-state index >= 15 is 0 Å². The number of nitrogens with zero attached hydrogens (tertiary/aromatic N) is 1. The molecular formula is C7H15NS. The number of rotatable bonds is 3. The van der Waals surface area contributed by atoms with Crippen LogP contribution >= 0.6 is 12.6 Å². The molecule has 0 aromatic heterocycles. The van der Waals surface area contributed by atoms with Crippen LogP contribution in [0, 0.1) is 0 Å². The molecule has 0 saturated heterocycles. The van der Waals surface area contributed by atoms with Crippen molar-refractivity contribution in [2.75, 3.05) is 0 Å². The van der Waals surface area contributed by atoms with Crippen LogP contribution < -0.4 is 0 Å². The predicted octanol–water partition coefficient (Wildman–Crippen LogP) is 2.52. The number of thiol groups is 1. The lowest BCUT2D eigenvalue weighted by atomic mass is 10.3. The van der Waals surface area contributed by atoms with Gasteiger partial charge in [-0.25, -0.2) is 0 Å². The van der Waals surface area contributed by atoms with Crippen molar-refractivity contribution in [3.63, 3.8) is 0 Å². The fraction of sp³-hybridized carbons (Fsp3) is 0.857.